The molecule has 0 aromatic heterocycles. The molecule has 1 N–H and O–H groups in total. The standard InChI is InChI=1S/C8H15O4/c1-3-11-4-5-12-7(2)6-8(9)10/h7H,2-6H2,1H3,(H,9,10). The molecule has 71 valence electrons. The average Bonchev–Trinajstić information content (AvgIpc) is 1.97. The molecule has 0 aliphatic carbocycles. The van der Waals surface area contributed by atoms with Crippen LogP contribution in [0.3, 0.4) is 0 Å². The summed E-state index contributed by atoms with van der Waals surface area (Å²) in [6, 6.07) is 0. The summed E-state index contributed by atoms with van der Waals surface area (Å²) in [5.41, 5.74) is 0. The second-order valence-corrected chi connectivity index (χ2v) is 2.29. The summed E-state index contributed by atoms with van der Waals surface area (Å²) in [5.74, 6) is -0.897. The average molecular weight is 175 g/mol. The number of rotatable bonds is 7. The molecule has 0 saturated carbocycles. The number of carboxylic acid groups (broad SMARTS) is 1. The maximum Gasteiger partial charge on any atom is 0.305 e. The van der Waals surface area contributed by atoms with Crippen molar-refractivity contribution in [2.24, 2.45) is 0 Å². The molecule has 12 heavy (non-hydrogen) atoms. The van der Waals surface area contributed by atoms with Crippen LogP contribution >= 0.6 is 0 Å². The van der Waals surface area contributed by atoms with E-state index in [1.165, 1.54) is 0 Å². The number of ether oxygens (including phenoxy) is 2. The lowest BCUT2D eigenvalue weighted by Gasteiger charge is -2.09. The molecule has 0 aromatic carbocycles. The number of carbonyl (C=O) groups is 1. The Hall–Kier alpha value is -0.610. The number of hydrogen-bond acceptors (Lipinski definition) is 3. The second kappa shape index (κ2) is 7.06. The van der Waals surface area contributed by atoms with E-state index in [1.807, 2.05) is 6.92 Å². The minimum atomic E-state index is -0.897. The Morgan fingerprint density at radius 3 is 2.75 bits per heavy atom. The molecule has 1 atom stereocenters. The molecule has 4 nitrogen and oxygen atoms in total. The SMILES string of the molecule is [CH2]C(CC(=O)O)OCCOCC. The van der Waals surface area contributed by atoms with Crippen molar-refractivity contribution in [3.63, 3.8) is 0 Å². The third-order valence-electron chi connectivity index (χ3n) is 1.19. The quantitative estimate of drug-likeness (QED) is 0.579. The molecule has 0 amide bonds. The van der Waals surface area contributed by atoms with Gasteiger partial charge in [0.05, 0.1) is 25.7 Å². The molecule has 0 rings (SSSR count). The highest BCUT2D eigenvalue weighted by Gasteiger charge is 2.06. The predicted octanol–water partition coefficient (Wildman–Crippen LogP) is 0.717. The van der Waals surface area contributed by atoms with Crippen molar-refractivity contribution < 1.29 is 19.4 Å². The zero-order valence-electron chi connectivity index (χ0n) is 7.28. The summed E-state index contributed by atoms with van der Waals surface area (Å²) in [5, 5.41) is 8.34. The third kappa shape index (κ3) is 7.50. The van der Waals surface area contributed by atoms with Crippen molar-refractivity contribution in [2.45, 2.75) is 19.4 Å². The molecule has 0 spiro atoms. The molecule has 0 fully saturated rings. The zero-order valence-corrected chi connectivity index (χ0v) is 7.28. The van der Waals surface area contributed by atoms with Crippen LogP contribution in [0.1, 0.15) is 13.3 Å². The van der Waals surface area contributed by atoms with Crippen LogP contribution in [-0.2, 0) is 14.3 Å². The van der Waals surface area contributed by atoms with Gasteiger partial charge in [-0.05, 0) is 13.8 Å². The fraction of sp³-hybridized carbons (Fsp3) is 0.750. The summed E-state index contributed by atoms with van der Waals surface area (Å²) in [6.07, 6.45) is -0.547. The monoisotopic (exact) mass is 175 g/mol. The van der Waals surface area contributed by atoms with Gasteiger partial charge in [-0.1, -0.05) is 0 Å². The highest BCUT2D eigenvalue weighted by Crippen LogP contribution is 1.95. The molecule has 1 unspecified atom stereocenters. The zero-order chi connectivity index (χ0) is 9.40. The van der Waals surface area contributed by atoms with E-state index in [4.69, 9.17) is 14.6 Å². The normalized spacial score (nSPS) is 12.8. The maximum absolute atomic E-state index is 10.1. The molecule has 0 bridgehead atoms. The molecular formula is C8H15O4. The molecule has 0 aliphatic rings. The molecule has 0 aromatic rings. The Morgan fingerprint density at radius 2 is 2.25 bits per heavy atom. The van der Waals surface area contributed by atoms with Crippen LogP contribution in [0.5, 0.6) is 0 Å². The fourth-order valence-electron chi connectivity index (χ4n) is 0.672. The van der Waals surface area contributed by atoms with Crippen LogP contribution in [0.25, 0.3) is 0 Å². The van der Waals surface area contributed by atoms with Crippen LogP contribution in [0.15, 0.2) is 0 Å². The van der Waals surface area contributed by atoms with Crippen molar-refractivity contribution in [3.05, 3.63) is 6.92 Å². The van der Waals surface area contributed by atoms with Gasteiger partial charge in [0, 0.05) is 6.61 Å². The Labute approximate surface area is 72.5 Å². The Kier molecular flexibility index (Phi) is 6.70. The van der Waals surface area contributed by atoms with Gasteiger partial charge in [-0.15, -0.1) is 0 Å². The third-order valence-corrected chi connectivity index (χ3v) is 1.19. The van der Waals surface area contributed by atoms with Crippen molar-refractivity contribution in [1.82, 2.24) is 0 Å². The first kappa shape index (κ1) is 11.4. The van der Waals surface area contributed by atoms with Gasteiger partial charge in [-0.3, -0.25) is 4.79 Å². The summed E-state index contributed by atoms with van der Waals surface area (Å²) < 4.78 is 10.0. The highest BCUT2D eigenvalue weighted by molar-refractivity contribution is 5.67. The minimum Gasteiger partial charge on any atom is -0.481 e. The summed E-state index contributed by atoms with van der Waals surface area (Å²) in [6.45, 7) is 6.93. The minimum absolute atomic E-state index is 0.0634. The Bertz CT molecular complexity index is 124. The van der Waals surface area contributed by atoms with Crippen molar-refractivity contribution in [3.8, 4) is 0 Å². The molecule has 1 radical (unpaired) electrons. The first-order chi connectivity index (χ1) is 5.66. The van der Waals surface area contributed by atoms with E-state index in [9.17, 15) is 4.79 Å². The van der Waals surface area contributed by atoms with Crippen LogP contribution in [0.2, 0.25) is 0 Å². The molecule has 0 heterocycles. The smallest absolute Gasteiger partial charge is 0.305 e. The summed E-state index contributed by atoms with van der Waals surface area (Å²) >= 11 is 0. The highest BCUT2D eigenvalue weighted by atomic mass is 16.5. The van der Waals surface area contributed by atoms with E-state index in [2.05, 4.69) is 6.92 Å². The van der Waals surface area contributed by atoms with Gasteiger partial charge in [0.15, 0.2) is 0 Å². The topological polar surface area (TPSA) is 55.8 Å². The van der Waals surface area contributed by atoms with E-state index in [0.717, 1.165) is 0 Å². The van der Waals surface area contributed by atoms with Gasteiger partial charge in [0.2, 0.25) is 0 Å². The van der Waals surface area contributed by atoms with Crippen LogP contribution in [0, 0.1) is 6.92 Å². The molecule has 0 saturated heterocycles. The van der Waals surface area contributed by atoms with Crippen LogP contribution in [-0.4, -0.2) is 37.0 Å². The largest absolute Gasteiger partial charge is 0.481 e. The van der Waals surface area contributed by atoms with E-state index in [-0.39, 0.29) is 6.42 Å². The van der Waals surface area contributed by atoms with Crippen LogP contribution in [0.4, 0.5) is 0 Å². The lowest BCUT2D eigenvalue weighted by molar-refractivity contribution is -0.139. The van der Waals surface area contributed by atoms with Gasteiger partial charge in [0.25, 0.3) is 0 Å². The van der Waals surface area contributed by atoms with E-state index in [1.54, 1.807) is 0 Å². The lowest BCUT2D eigenvalue weighted by Crippen LogP contribution is -2.16. The van der Waals surface area contributed by atoms with E-state index >= 15 is 0 Å². The number of aliphatic carboxylic acids is 1. The molecule has 0 aliphatic heterocycles. The Morgan fingerprint density at radius 1 is 1.58 bits per heavy atom. The van der Waals surface area contributed by atoms with E-state index < -0.39 is 12.1 Å². The summed E-state index contributed by atoms with van der Waals surface area (Å²) in [4.78, 5) is 10.1. The first-order valence-corrected chi connectivity index (χ1v) is 3.91. The van der Waals surface area contributed by atoms with Gasteiger partial charge in [-0.25, -0.2) is 0 Å². The Balaban J connectivity index is 3.19. The first-order valence-electron chi connectivity index (χ1n) is 3.91. The van der Waals surface area contributed by atoms with Gasteiger partial charge < -0.3 is 14.6 Å². The van der Waals surface area contributed by atoms with Gasteiger partial charge in [0.1, 0.15) is 0 Å². The maximum atomic E-state index is 10.1. The summed E-state index contributed by atoms with van der Waals surface area (Å²) in [7, 11) is 0. The van der Waals surface area contributed by atoms with Gasteiger partial charge in [-0.2, -0.15) is 0 Å². The number of carboxylic acids is 1. The fourth-order valence-corrected chi connectivity index (χ4v) is 0.672. The van der Waals surface area contributed by atoms with Crippen molar-refractivity contribution in [1.29, 1.82) is 0 Å². The molecule has 4 heteroatoms. The predicted molar refractivity (Wildman–Crippen MR) is 43.8 cm³/mol. The van der Waals surface area contributed by atoms with E-state index in [0.29, 0.717) is 19.8 Å². The number of hydrogen-bond donors (Lipinski definition) is 1. The second-order valence-electron chi connectivity index (χ2n) is 2.29. The van der Waals surface area contributed by atoms with Crippen molar-refractivity contribution >= 4 is 5.97 Å². The lowest BCUT2D eigenvalue weighted by atomic mass is 10.3. The molecular weight excluding hydrogens is 160 g/mol. The van der Waals surface area contributed by atoms with Crippen LogP contribution < -0.4 is 0 Å². The van der Waals surface area contributed by atoms with Gasteiger partial charge >= 0.3 is 5.97 Å². The van der Waals surface area contributed by atoms with Crippen molar-refractivity contribution in [2.75, 3.05) is 19.8 Å².